The lowest BCUT2D eigenvalue weighted by molar-refractivity contribution is 1.16. The maximum atomic E-state index is 6.06. The molecule has 0 aliphatic carbocycles. The van der Waals surface area contributed by atoms with E-state index in [1.165, 1.54) is 0 Å². The molecule has 0 amide bonds. The first-order chi connectivity index (χ1) is 10.1. The summed E-state index contributed by atoms with van der Waals surface area (Å²) in [4.78, 5) is 16.9. The van der Waals surface area contributed by atoms with Crippen LogP contribution in [0.15, 0.2) is 47.6 Å². The van der Waals surface area contributed by atoms with E-state index in [1.807, 2.05) is 18.2 Å². The number of fused-ring (bicyclic) bond motifs is 1. The van der Waals surface area contributed by atoms with Crippen LogP contribution in [-0.2, 0) is 0 Å². The number of benzene rings is 1. The minimum Gasteiger partial charge on any atom is -0.370 e. The molecule has 21 heavy (non-hydrogen) atoms. The first-order valence-corrected chi connectivity index (χ1v) is 6.49. The maximum Gasteiger partial charge on any atom is 0.253 e. The van der Waals surface area contributed by atoms with E-state index in [1.54, 1.807) is 24.4 Å². The number of nitrogens with zero attached hydrogens (tertiary/aromatic N) is 4. The van der Waals surface area contributed by atoms with Crippen LogP contribution in [0.1, 0.15) is 0 Å². The van der Waals surface area contributed by atoms with E-state index in [0.29, 0.717) is 21.9 Å². The van der Waals surface area contributed by atoms with Crippen LogP contribution in [0.25, 0.3) is 22.3 Å². The molecule has 0 atom stereocenters. The molecule has 0 saturated carbocycles. The summed E-state index contributed by atoms with van der Waals surface area (Å²) in [5.74, 6) is 0.0840. The quantitative estimate of drug-likeness (QED) is 0.558. The molecule has 3 aromatic rings. The normalized spacial score (nSPS) is 10.5. The van der Waals surface area contributed by atoms with Gasteiger partial charge in [0.2, 0.25) is 0 Å². The van der Waals surface area contributed by atoms with Gasteiger partial charge in [-0.05, 0) is 30.3 Å². The highest BCUT2D eigenvalue weighted by Crippen LogP contribution is 2.28. The first kappa shape index (κ1) is 13.3. The number of guanidine groups is 1. The molecule has 1 aromatic carbocycles. The van der Waals surface area contributed by atoms with Gasteiger partial charge in [-0.2, -0.15) is 4.99 Å². The smallest absolute Gasteiger partial charge is 0.253 e. The number of hydrogen-bond donors (Lipinski definition) is 2. The number of pyridine rings is 1. The predicted molar refractivity (Wildman–Crippen MR) is 83.2 cm³/mol. The fourth-order valence-electron chi connectivity index (χ4n) is 1.95. The lowest BCUT2D eigenvalue weighted by Crippen LogP contribution is -2.22. The molecule has 2 heterocycles. The number of rotatable bonds is 2. The summed E-state index contributed by atoms with van der Waals surface area (Å²) in [5, 5.41) is 1.38. The molecule has 104 valence electrons. The van der Waals surface area contributed by atoms with Gasteiger partial charge in [0.15, 0.2) is 5.96 Å². The molecule has 7 heteroatoms. The van der Waals surface area contributed by atoms with Crippen LogP contribution in [0.3, 0.4) is 0 Å². The summed E-state index contributed by atoms with van der Waals surface area (Å²) in [7, 11) is 0. The van der Waals surface area contributed by atoms with Gasteiger partial charge >= 0.3 is 0 Å². The van der Waals surface area contributed by atoms with Crippen molar-refractivity contribution in [3.63, 3.8) is 0 Å². The Bertz CT molecular complexity index is 827. The van der Waals surface area contributed by atoms with E-state index in [2.05, 4.69) is 19.9 Å². The molecule has 0 aliphatic rings. The van der Waals surface area contributed by atoms with Gasteiger partial charge in [-0.1, -0.05) is 17.7 Å². The van der Waals surface area contributed by atoms with E-state index < -0.39 is 0 Å². The van der Waals surface area contributed by atoms with E-state index in [-0.39, 0.29) is 11.9 Å². The highest BCUT2D eigenvalue weighted by molar-refractivity contribution is 6.31. The number of aliphatic imine (C=N–C) groups is 1. The molecule has 6 nitrogen and oxygen atoms in total. The summed E-state index contributed by atoms with van der Waals surface area (Å²) >= 11 is 6.06. The topological polar surface area (TPSA) is 103 Å². The number of halogens is 1. The summed E-state index contributed by atoms with van der Waals surface area (Å²) in [5.41, 5.74) is 12.8. The molecule has 0 unspecified atom stereocenters. The van der Waals surface area contributed by atoms with Gasteiger partial charge in [0, 0.05) is 16.6 Å². The second-order valence-corrected chi connectivity index (χ2v) is 4.72. The van der Waals surface area contributed by atoms with Crippen LogP contribution in [0.2, 0.25) is 5.02 Å². The number of hydrogen-bond acceptors (Lipinski definition) is 4. The van der Waals surface area contributed by atoms with Crippen LogP contribution in [0.5, 0.6) is 0 Å². The number of nitrogens with two attached hydrogens (primary N) is 2. The monoisotopic (exact) mass is 298 g/mol. The minimum absolute atomic E-state index is 0.102. The first-order valence-electron chi connectivity index (χ1n) is 6.12. The Balaban J connectivity index is 2.33. The van der Waals surface area contributed by atoms with Crippen molar-refractivity contribution >= 4 is 34.4 Å². The van der Waals surface area contributed by atoms with Crippen LogP contribution < -0.4 is 11.5 Å². The Kier molecular flexibility index (Phi) is 3.37. The minimum atomic E-state index is -0.102. The average molecular weight is 299 g/mol. The summed E-state index contributed by atoms with van der Waals surface area (Å²) in [6, 6.07) is 10.9. The molecule has 0 bridgehead atoms. The largest absolute Gasteiger partial charge is 0.370 e. The Morgan fingerprint density at radius 1 is 1.10 bits per heavy atom. The third kappa shape index (κ3) is 2.75. The zero-order chi connectivity index (χ0) is 14.8. The van der Waals surface area contributed by atoms with Crippen LogP contribution >= 0.6 is 11.6 Å². The molecule has 4 N–H and O–H groups in total. The molecule has 0 radical (unpaired) electrons. The van der Waals surface area contributed by atoms with E-state index in [4.69, 9.17) is 23.1 Å². The van der Waals surface area contributed by atoms with Crippen molar-refractivity contribution in [3.05, 3.63) is 47.6 Å². The zero-order valence-corrected chi connectivity index (χ0v) is 11.6. The van der Waals surface area contributed by atoms with Crippen molar-refractivity contribution in [3.8, 4) is 11.4 Å². The van der Waals surface area contributed by atoms with Gasteiger partial charge in [-0.25, -0.2) is 9.97 Å². The molecule has 3 rings (SSSR count). The molecule has 0 saturated heterocycles. The van der Waals surface area contributed by atoms with Gasteiger partial charge in [-0.15, -0.1) is 0 Å². The maximum absolute atomic E-state index is 6.06. The van der Waals surface area contributed by atoms with Crippen molar-refractivity contribution in [1.29, 1.82) is 0 Å². The molecule has 2 aromatic heterocycles. The van der Waals surface area contributed by atoms with E-state index in [9.17, 15) is 0 Å². The fraction of sp³-hybridized carbons (Fsp3) is 0. The highest BCUT2D eigenvalue weighted by Gasteiger charge is 2.11. The summed E-state index contributed by atoms with van der Waals surface area (Å²) in [6.45, 7) is 0. The number of aromatic nitrogens is 3. The third-order valence-corrected chi connectivity index (χ3v) is 3.02. The lowest BCUT2D eigenvalue weighted by Gasteiger charge is -2.06. The van der Waals surface area contributed by atoms with Gasteiger partial charge in [0.05, 0.1) is 11.2 Å². The Morgan fingerprint density at radius 3 is 2.67 bits per heavy atom. The standard InChI is InChI=1S/C14H11ClN6/c15-8-4-5-10-9(7-8)12(11-3-1-2-6-18-11)20-14(19-10)21-13(16)17/h1-7H,(H4,16,17,19,20,21). The van der Waals surface area contributed by atoms with Gasteiger partial charge in [0.1, 0.15) is 5.69 Å². The SMILES string of the molecule is NC(N)=Nc1nc(-c2ccccn2)c2cc(Cl)ccc2n1. The molecular formula is C14H11ClN6. The van der Waals surface area contributed by atoms with Gasteiger partial charge in [0.25, 0.3) is 5.95 Å². The molecular weight excluding hydrogens is 288 g/mol. The lowest BCUT2D eigenvalue weighted by atomic mass is 10.1. The molecule has 0 aliphatic heterocycles. The predicted octanol–water partition coefficient (Wildman–Crippen LogP) is 2.25. The highest BCUT2D eigenvalue weighted by atomic mass is 35.5. The molecule has 0 fully saturated rings. The van der Waals surface area contributed by atoms with Crippen LogP contribution in [-0.4, -0.2) is 20.9 Å². The second kappa shape index (κ2) is 5.34. The van der Waals surface area contributed by atoms with Crippen molar-refractivity contribution in [2.75, 3.05) is 0 Å². The van der Waals surface area contributed by atoms with Crippen LogP contribution in [0, 0.1) is 0 Å². The summed E-state index contributed by atoms with van der Waals surface area (Å²) < 4.78 is 0. The van der Waals surface area contributed by atoms with E-state index in [0.717, 1.165) is 5.39 Å². The Morgan fingerprint density at radius 2 is 1.95 bits per heavy atom. The van der Waals surface area contributed by atoms with Gasteiger partial charge < -0.3 is 11.5 Å². The second-order valence-electron chi connectivity index (χ2n) is 4.29. The van der Waals surface area contributed by atoms with Crippen molar-refractivity contribution < 1.29 is 0 Å². The third-order valence-electron chi connectivity index (χ3n) is 2.78. The van der Waals surface area contributed by atoms with Gasteiger partial charge in [-0.3, -0.25) is 4.98 Å². The average Bonchev–Trinajstić information content (AvgIpc) is 2.47. The zero-order valence-electron chi connectivity index (χ0n) is 10.9. The van der Waals surface area contributed by atoms with Crippen LogP contribution in [0.4, 0.5) is 5.95 Å². The van der Waals surface area contributed by atoms with E-state index >= 15 is 0 Å². The molecule has 0 spiro atoms. The fourth-order valence-corrected chi connectivity index (χ4v) is 2.12. The Hall–Kier alpha value is -2.73. The van der Waals surface area contributed by atoms with Crippen molar-refractivity contribution in [2.45, 2.75) is 0 Å². The summed E-state index contributed by atoms with van der Waals surface area (Å²) in [6.07, 6.45) is 1.69. The Labute approximate surface area is 125 Å². The van der Waals surface area contributed by atoms with Crippen molar-refractivity contribution in [1.82, 2.24) is 15.0 Å². The van der Waals surface area contributed by atoms with Crippen molar-refractivity contribution in [2.24, 2.45) is 16.5 Å².